The maximum absolute atomic E-state index is 13.8. The molecule has 0 spiro atoms. The second kappa shape index (κ2) is 9.40. The first-order chi connectivity index (χ1) is 14.7. The average molecular weight is 454 g/mol. The van der Waals surface area contributed by atoms with Crippen LogP contribution in [0.15, 0.2) is 41.3 Å². The van der Waals surface area contributed by atoms with Crippen LogP contribution >= 0.6 is 0 Å². The number of sulfonamides is 1. The van der Waals surface area contributed by atoms with Gasteiger partial charge in [0.05, 0.1) is 10.6 Å². The van der Waals surface area contributed by atoms with Gasteiger partial charge in [0, 0.05) is 25.3 Å². The summed E-state index contributed by atoms with van der Waals surface area (Å²) in [6, 6.07) is 6.16. The molecule has 3 N–H and O–H groups in total. The van der Waals surface area contributed by atoms with Gasteiger partial charge in [-0.2, -0.15) is 0 Å². The number of benzene rings is 2. The zero-order valence-electron chi connectivity index (χ0n) is 16.2. The molecule has 1 amide bonds. The molecule has 0 aromatic heterocycles. The molecule has 0 saturated carbocycles. The van der Waals surface area contributed by atoms with Crippen molar-refractivity contribution in [1.29, 1.82) is 0 Å². The Morgan fingerprint density at radius 2 is 1.65 bits per heavy atom. The molecular formula is C20H20F2N2O6S. The standard InChI is InChI=1S/C20H20F2N2O6S/c21-16-9-14(10-17(22)18(16)20(26)27)24-31(28,29)15-3-1-13(2-4-15)19(25)23-11-12-5-7-30-8-6-12/h1-4,9-10,12,24H,5-8,11H2,(H,23,25)(H,26,27). The summed E-state index contributed by atoms with van der Waals surface area (Å²) in [6.07, 6.45) is 1.72. The molecule has 1 aliphatic rings. The second-order valence-electron chi connectivity index (χ2n) is 7.02. The summed E-state index contributed by atoms with van der Waals surface area (Å²) in [4.78, 5) is 22.9. The molecule has 1 saturated heterocycles. The van der Waals surface area contributed by atoms with Gasteiger partial charge in [-0.15, -0.1) is 0 Å². The fourth-order valence-corrected chi connectivity index (χ4v) is 4.17. The number of anilines is 1. The summed E-state index contributed by atoms with van der Waals surface area (Å²) in [7, 11) is -4.23. The van der Waals surface area contributed by atoms with Crippen LogP contribution in [0.1, 0.15) is 33.6 Å². The van der Waals surface area contributed by atoms with Gasteiger partial charge < -0.3 is 15.2 Å². The van der Waals surface area contributed by atoms with E-state index in [0.29, 0.717) is 37.8 Å². The van der Waals surface area contributed by atoms with E-state index in [9.17, 15) is 26.8 Å². The van der Waals surface area contributed by atoms with Gasteiger partial charge in [0.2, 0.25) is 0 Å². The molecule has 2 aromatic carbocycles. The molecule has 1 heterocycles. The van der Waals surface area contributed by atoms with Gasteiger partial charge in [0.15, 0.2) is 0 Å². The van der Waals surface area contributed by atoms with Crippen LogP contribution in [0.4, 0.5) is 14.5 Å². The van der Waals surface area contributed by atoms with Crippen molar-refractivity contribution in [1.82, 2.24) is 5.32 Å². The van der Waals surface area contributed by atoms with E-state index in [2.05, 4.69) is 5.32 Å². The van der Waals surface area contributed by atoms with Crippen LogP contribution in [-0.4, -0.2) is 45.2 Å². The lowest BCUT2D eigenvalue weighted by molar-refractivity contribution is 0.0642. The maximum Gasteiger partial charge on any atom is 0.341 e. The molecule has 2 aromatic rings. The van der Waals surface area contributed by atoms with Gasteiger partial charge in [-0.05, 0) is 55.2 Å². The molecule has 0 bridgehead atoms. The number of carboxylic acids is 1. The van der Waals surface area contributed by atoms with E-state index in [1.807, 2.05) is 4.72 Å². The summed E-state index contributed by atoms with van der Waals surface area (Å²) >= 11 is 0. The summed E-state index contributed by atoms with van der Waals surface area (Å²) in [5.41, 5.74) is -1.40. The van der Waals surface area contributed by atoms with Crippen LogP contribution < -0.4 is 10.0 Å². The van der Waals surface area contributed by atoms with Gasteiger partial charge in [-0.1, -0.05) is 0 Å². The van der Waals surface area contributed by atoms with Crippen molar-refractivity contribution in [2.24, 2.45) is 5.92 Å². The maximum atomic E-state index is 13.8. The third-order valence-electron chi connectivity index (χ3n) is 4.83. The third-order valence-corrected chi connectivity index (χ3v) is 6.22. The first-order valence-electron chi connectivity index (χ1n) is 9.38. The van der Waals surface area contributed by atoms with Gasteiger partial charge in [0.25, 0.3) is 15.9 Å². The smallest absolute Gasteiger partial charge is 0.341 e. The molecule has 0 radical (unpaired) electrons. The normalized spacial score (nSPS) is 14.8. The summed E-state index contributed by atoms with van der Waals surface area (Å²) in [5, 5.41) is 11.6. The monoisotopic (exact) mass is 454 g/mol. The molecule has 0 aliphatic carbocycles. The van der Waals surface area contributed by atoms with Crippen LogP contribution in [0.5, 0.6) is 0 Å². The Morgan fingerprint density at radius 3 is 2.19 bits per heavy atom. The molecule has 1 aliphatic heterocycles. The Bertz CT molecular complexity index is 1060. The molecule has 0 unspecified atom stereocenters. The highest BCUT2D eigenvalue weighted by molar-refractivity contribution is 7.92. The van der Waals surface area contributed by atoms with Crippen molar-refractivity contribution in [3.63, 3.8) is 0 Å². The van der Waals surface area contributed by atoms with Crippen molar-refractivity contribution >= 4 is 27.6 Å². The number of carbonyl (C=O) groups excluding carboxylic acids is 1. The number of hydrogen-bond donors (Lipinski definition) is 3. The predicted molar refractivity (Wildman–Crippen MR) is 106 cm³/mol. The fraction of sp³-hybridized carbons (Fsp3) is 0.300. The van der Waals surface area contributed by atoms with E-state index >= 15 is 0 Å². The van der Waals surface area contributed by atoms with Crippen molar-refractivity contribution in [2.45, 2.75) is 17.7 Å². The Labute approximate surface area is 177 Å². The number of ether oxygens (including phenoxy) is 1. The Morgan fingerprint density at radius 1 is 1.06 bits per heavy atom. The van der Waals surface area contributed by atoms with Crippen LogP contribution in [0.2, 0.25) is 0 Å². The number of amides is 1. The summed E-state index contributed by atoms with van der Waals surface area (Å²) in [6.45, 7) is 1.81. The van der Waals surface area contributed by atoms with Crippen LogP contribution in [-0.2, 0) is 14.8 Å². The Balaban J connectivity index is 1.68. The quantitative estimate of drug-likeness (QED) is 0.591. The molecule has 8 nitrogen and oxygen atoms in total. The number of aromatic carboxylic acids is 1. The number of carbonyl (C=O) groups is 2. The lowest BCUT2D eigenvalue weighted by atomic mass is 10.0. The molecule has 166 valence electrons. The van der Waals surface area contributed by atoms with E-state index in [1.54, 1.807) is 0 Å². The molecule has 31 heavy (non-hydrogen) atoms. The first-order valence-corrected chi connectivity index (χ1v) is 10.9. The van der Waals surface area contributed by atoms with E-state index in [0.717, 1.165) is 12.8 Å². The molecule has 0 atom stereocenters. The van der Waals surface area contributed by atoms with Crippen molar-refractivity contribution in [3.8, 4) is 0 Å². The summed E-state index contributed by atoms with van der Waals surface area (Å²) in [5.74, 6) is -4.66. The van der Waals surface area contributed by atoms with Crippen molar-refractivity contribution < 1.29 is 36.6 Å². The van der Waals surface area contributed by atoms with Gasteiger partial charge in [-0.25, -0.2) is 22.0 Å². The molecular weight excluding hydrogens is 434 g/mol. The average Bonchev–Trinajstić information content (AvgIpc) is 2.71. The first kappa shape index (κ1) is 22.6. The Hall–Kier alpha value is -3.05. The molecule has 3 rings (SSSR count). The number of nitrogens with one attached hydrogen (secondary N) is 2. The van der Waals surface area contributed by atoms with Crippen LogP contribution in [0.25, 0.3) is 0 Å². The number of rotatable bonds is 7. The highest BCUT2D eigenvalue weighted by Gasteiger charge is 2.21. The zero-order valence-corrected chi connectivity index (χ0v) is 17.0. The van der Waals surface area contributed by atoms with E-state index in [-0.39, 0.29) is 16.4 Å². The third kappa shape index (κ3) is 5.56. The second-order valence-corrected chi connectivity index (χ2v) is 8.70. The largest absolute Gasteiger partial charge is 0.477 e. The fourth-order valence-electron chi connectivity index (χ4n) is 3.13. The van der Waals surface area contributed by atoms with Crippen molar-refractivity contribution in [3.05, 3.63) is 59.2 Å². The van der Waals surface area contributed by atoms with Crippen LogP contribution in [0.3, 0.4) is 0 Å². The lowest BCUT2D eigenvalue weighted by Crippen LogP contribution is -2.32. The summed E-state index contributed by atoms with van der Waals surface area (Å²) < 4.78 is 59.8. The minimum Gasteiger partial charge on any atom is -0.477 e. The van der Waals surface area contributed by atoms with Gasteiger partial charge in [0.1, 0.15) is 17.2 Å². The number of hydrogen-bond acceptors (Lipinski definition) is 5. The Kier molecular flexibility index (Phi) is 6.86. The highest BCUT2D eigenvalue weighted by atomic mass is 32.2. The lowest BCUT2D eigenvalue weighted by Gasteiger charge is -2.22. The van der Waals surface area contributed by atoms with E-state index in [1.165, 1.54) is 24.3 Å². The van der Waals surface area contributed by atoms with Crippen LogP contribution in [0, 0.1) is 17.6 Å². The topological polar surface area (TPSA) is 122 Å². The molecule has 11 heteroatoms. The van der Waals surface area contributed by atoms with Crippen molar-refractivity contribution in [2.75, 3.05) is 24.5 Å². The van der Waals surface area contributed by atoms with Gasteiger partial charge >= 0.3 is 5.97 Å². The number of carboxylic acid groups (broad SMARTS) is 1. The highest BCUT2D eigenvalue weighted by Crippen LogP contribution is 2.22. The SMILES string of the molecule is O=C(NCC1CCOCC1)c1ccc(S(=O)(=O)Nc2cc(F)c(C(=O)O)c(F)c2)cc1. The number of halogens is 2. The predicted octanol–water partition coefficient (Wildman–Crippen LogP) is 2.62. The van der Waals surface area contributed by atoms with E-state index in [4.69, 9.17) is 9.84 Å². The molecule has 1 fully saturated rings. The van der Waals surface area contributed by atoms with Gasteiger partial charge in [-0.3, -0.25) is 9.52 Å². The minimum atomic E-state index is -4.23. The zero-order chi connectivity index (χ0) is 22.6. The minimum absolute atomic E-state index is 0.239. The van der Waals surface area contributed by atoms with E-state index < -0.39 is 38.9 Å².